The van der Waals surface area contributed by atoms with Crippen molar-refractivity contribution in [2.45, 2.75) is 0 Å². The van der Waals surface area contributed by atoms with Crippen molar-refractivity contribution in [3.8, 4) is 0 Å². The molecular formula is C7H7N3OS. The normalized spacial score (nSPS) is 11.4. The summed E-state index contributed by atoms with van der Waals surface area (Å²) in [6.07, 6.45) is 5.31. The molecule has 0 bridgehead atoms. The SMILES string of the molecule is CO/N=C/c1ncn2ccsc12. The van der Waals surface area contributed by atoms with Crippen LogP contribution in [0.4, 0.5) is 0 Å². The molecule has 4 nitrogen and oxygen atoms in total. The Morgan fingerprint density at radius 1 is 1.75 bits per heavy atom. The summed E-state index contributed by atoms with van der Waals surface area (Å²) in [5.41, 5.74) is 0.840. The highest BCUT2D eigenvalue weighted by atomic mass is 32.1. The molecule has 5 heteroatoms. The lowest BCUT2D eigenvalue weighted by Gasteiger charge is -1.83. The fourth-order valence-corrected chi connectivity index (χ4v) is 1.72. The zero-order valence-electron chi connectivity index (χ0n) is 6.47. The fourth-order valence-electron chi connectivity index (χ4n) is 0.943. The van der Waals surface area contributed by atoms with Crippen molar-refractivity contribution < 1.29 is 4.84 Å². The molecule has 2 aromatic heterocycles. The van der Waals surface area contributed by atoms with Gasteiger partial charge in [-0.1, -0.05) is 5.16 Å². The summed E-state index contributed by atoms with van der Waals surface area (Å²) in [7, 11) is 1.51. The second-order valence-electron chi connectivity index (χ2n) is 2.16. The van der Waals surface area contributed by atoms with E-state index in [9.17, 15) is 0 Å². The smallest absolute Gasteiger partial charge is 0.128 e. The molecule has 0 radical (unpaired) electrons. The lowest BCUT2D eigenvalue weighted by atomic mass is 10.5. The minimum atomic E-state index is 0.840. The van der Waals surface area contributed by atoms with Gasteiger partial charge in [-0.3, -0.25) is 4.40 Å². The quantitative estimate of drug-likeness (QED) is 0.518. The van der Waals surface area contributed by atoms with E-state index in [4.69, 9.17) is 0 Å². The van der Waals surface area contributed by atoms with Crippen LogP contribution in [0, 0.1) is 0 Å². The topological polar surface area (TPSA) is 38.9 Å². The zero-order chi connectivity index (χ0) is 8.39. The van der Waals surface area contributed by atoms with Gasteiger partial charge in [0.05, 0.1) is 6.21 Å². The highest BCUT2D eigenvalue weighted by molar-refractivity contribution is 7.15. The lowest BCUT2D eigenvalue weighted by molar-refractivity contribution is 0.215. The average Bonchev–Trinajstić information content (AvgIpc) is 2.62. The van der Waals surface area contributed by atoms with Crippen LogP contribution in [-0.4, -0.2) is 22.7 Å². The van der Waals surface area contributed by atoms with Crippen molar-refractivity contribution in [1.29, 1.82) is 0 Å². The van der Waals surface area contributed by atoms with Crippen LogP contribution in [0.5, 0.6) is 0 Å². The summed E-state index contributed by atoms with van der Waals surface area (Å²) in [6, 6.07) is 0. The van der Waals surface area contributed by atoms with E-state index >= 15 is 0 Å². The third-order valence-electron chi connectivity index (χ3n) is 1.46. The monoisotopic (exact) mass is 181 g/mol. The number of oxime groups is 1. The molecule has 0 saturated carbocycles. The van der Waals surface area contributed by atoms with Crippen LogP contribution in [0.25, 0.3) is 4.83 Å². The number of hydrogen-bond acceptors (Lipinski definition) is 4. The van der Waals surface area contributed by atoms with E-state index in [0.717, 1.165) is 10.5 Å². The van der Waals surface area contributed by atoms with Gasteiger partial charge in [0, 0.05) is 11.6 Å². The van der Waals surface area contributed by atoms with Crippen LogP contribution in [0.15, 0.2) is 23.1 Å². The van der Waals surface area contributed by atoms with Gasteiger partial charge in [-0.15, -0.1) is 11.3 Å². The Kier molecular flexibility index (Phi) is 1.79. The third kappa shape index (κ3) is 1.08. The van der Waals surface area contributed by atoms with Gasteiger partial charge in [-0.05, 0) is 0 Å². The number of rotatable bonds is 2. The number of fused-ring (bicyclic) bond motifs is 1. The molecule has 0 fully saturated rings. The largest absolute Gasteiger partial charge is 0.399 e. The molecule has 0 N–H and O–H groups in total. The maximum atomic E-state index is 4.57. The molecule has 2 heterocycles. The molecular weight excluding hydrogens is 174 g/mol. The molecule has 0 unspecified atom stereocenters. The van der Waals surface area contributed by atoms with Gasteiger partial charge in [0.15, 0.2) is 0 Å². The molecule has 0 spiro atoms. The molecule has 0 aliphatic heterocycles. The fraction of sp³-hybridized carbons (Fsp3) is 0.143. The lowest BCUT2D eigenvalue weighted by Crippen LogP contribution is -1.80. The first-order valence-corrected chi connectivity index (χ1v) is 4.26. The molecule has 2 aromatic rings. The number of hydrogen-bond donors (Lipinski definition) is 0. The van der Waals surface area contributed by atoms with Crippen molar-refractivity contribution >= 4 is 22.4 Å². The molecule has 0 aliphatic rings. The summed E-state index contributed by atoms with van der Waals surface area (Å²) in [6.45, 7) is 0. The minimum Gasteiger partial charge on any atom is -0.399 e. The highest BCUT2D eigenvalue weighted by Crippen LogP contribution is 2.13. The third-order valence-corrected chi connectivity index (χ3v) is 2.36. The molecule has 0 saturated heterocycles. The Morgan fingerprint density at radius 2 is 2.67 bits per heavy atom. The Hall–Kier alpha value is -1.36. The van der Waals surface area contributed by atoms with E-state index in [1.54, 1.807) is 23.9 Å². The summed E-state index contributed by atoms with van der Waals surface area (Å²) < 4.78 is 1.95. The summed E-state index contributed by atoms with van der Waals surface area (Å²) in [5, 5.41) is 5.65. The molecule has 2 rings (SSSR count). The van der Waals surface area contributed by atoms with E-state index in [1.807, 2.05) is 16.0 Å². The van der Waals surface area contributed by atoms with Crippen molar-refractivity contribution in [3.63, 3.8) is 0 Å². The Balaban J connectivity index is 2.47. The number of thiazole rings is 1. The zero-order valence-corrected chi connectivity index (χ0v) is 7.28. The van der Waals surface area contributed by atoms with Crippen LogP contribution in [-0.2, 0) is 4.84 Å². The van der Waals surface area contributed by atoms with Gasteiger partial charge < -0.3 is 4.84 Å². The van der Waals surface area contributed by atoms with E-state index in [2.05, 4.69) is 15.0 Å². The molecule has 62 valence electrons. The second kappa shape index (κ2) is 2.94. The predicted octanol–water partition coefficient (Wildman–Crippen LogP) is 1.38. The molecule has 0 amide bonds. The predicted molar refractivity (Wildman–Crippen MR) is 47.7 cm³/mol. The van der Waals surface area contributed by atoms with Gasteiger partial charge in [-0.2, -0.15) is 0 Å². The van der Waals surface area contributed by atoms with Crippen molar-refractivity contribution in [1.82, 2.24) is 9.38 Å². The first-order valence-electron chi connectivity index (χ1n) is 3.38. The maximum absolute atomic E-state index is 4.57. The van der Waals surface area contributed by atoms with E-state index in [0.29, 0.717) is 0 Å². The van der Waals surface area contributed by atoms with E-state index in [1.165, 1.54) is 7.11 Å². The van der Waals surface area contributed by atoms with Crippen LogP contribution >= 0.6 is 11.3 Å². The second-order valence-corrected chi connectivity index (χ2v) is 3.06. The van der Waals surface area contributed by atoms with Crippen LogP contribution in [0.3, 0.4) is 0 Å². The molecule has 0 aliphatic carbocycles. The van der Waals surface area contributed by atoms with E-state index in [-0.39, 0.29) is 0 Å². The molecule has 12 heavy (non-hydrogen) atoms. The Morgan fingerprint density at radius 3 is 3.50 bits per heavy atom. The van der Waals surface area contributed by atoms with Gasteiger partial charge in [0.25, 0.3) is 0 Å². The first-order chi connectivity index (χ1) is 5.92. The molecule has 0 aromatic carbocycles. The highest BCUT2D eigenvalue weighted by Gasteiger charge is 2.01. The van der Waals surface area contributed by atoms with Gasteiger partial charge >= 0.3 is 0 Å². The number of imidazole rings is 1. The average molecular weight is 181 g/mol. The van der Waals surface area contributed by atoms with E-state index < -0.39 is 0 Å². The minimum absolute atomic E-state index is 0.840. The summed E-state index contributed by atoms with van der Waals surface area (Å²) in [4.78, 5) is 9.78. The summed E-state index contributed by atoms with van der Waals surface area (Å²) in [5.74, 6) is 0. The standard InChI is InChI=1S/C7H7N3OS/c1-11-9-4-6-7-10(5-8-6)2-3-12-7/h2-5H,1H3/b9-4+. The summed E-state index contributed by atoms with van der Waals surface area (Å²) >= 11 is 1.62. The maximum Gasteiger partial charge on any atom is 0.128 e. The Labute approximate surface area is 73.1 Å². The van der Waals surface area contributed by atoms with Crippen molar-refractivity contribution in [2.75, 3.05) is 7.11 Å². The van der Waals surface area contributed by atoms with Crippen molar-refractivity contribution in [3.05, 3.63) is 23.6 Å². The van der Waals surface area contributed by atoms with Crippen LogP contribution < -0.4 is 0 Å². The number of aromatic nitrogens is 2. The van der Waals surface area contributed by atoms with Gasteiger partial charge in [0.1, 0.15) is 24.0 Å². The van der Waals surface area contributed by atoms with Crippen molar-refractivity contribution in [2.24, 2.45) is 5.16 Å². The molecule has 0 atom stereocenters. The Bertz CT molecular complexity index is 403. The van der Waals surface area contributed by atoms with Gasteiger partial charge in [0.2, 0.25) is 0 Å². The van der Waals surface area contributed by atoms with Crippen LogP contribution in [0.2, 0.25) is 0 Å². The first kappa shape index (κ1) is 7.30. The number of nitrogens with zero attached hydrogens (tertiary/aromatic N) is 3. The van der Waals surface area contributed by atoms with Crippen LogP contribution in [0.1, 0.15) is 5.69 Å². The van der Waals surface area contributed by atoms with Gasteiger partial charge in [-0.25, -0.2) is 4.98 Å².